The van der Waals surface area contributed by atoms with E-state index in [9.17, 15) is 13.2 Å². The topological polar surface area (TPSA) is 76.6 Å². The number of carbonyl (C=O) groups excluding carboxylic acids is 1. The van der Waals surface area contributed by atoms with Gasteiger partial charge in [0.05, 0.1) is 4.90 Å². The van der Waals surface area contributed by atoms with E-state index in [2.05, 4.69) is 25.8 Å². The Morgan fingerprint density at radius 2 is 1.91 bits per heavy atom. The Labute approximate surface area is 199 Å². The zero-order chi connectivity index (χ0) is 23.6. The van der Waals surface area contributed by atoms with Crippen LogP contribution in [0.5, 0.6) is 5.75 Å². The highest BCUT2D eigenvalue weighted by atomic mass is 32.2. The molecule has 0 atom stereocenters. The molecule has 1 aliphatic rings. The van der Waals surface area contributed by atoms with E-state index in [1.807, 2.05) is 24.3 Å². The van der Waals surface area contributed by atoms with Gasteiger partial charge in [-0.2, -0.15) is 0 Å². The van der Waals surface area contributed by atoms with E-state index in [0.717, 1.165) is 24.1 Å². The van der Waals surface area contributed by atoms with Crippen LogP contribution in [0.2, 0.25) is 0 Å². The first-order valence-corrected chi connectivity index (χ1v) is 13.4. The van der Waals surface area contributed by atoms with Gasteiger partial charge in [-0.15, -0.1) is 11.3 Å². The molecule has 8 heteroatoms. The fourth-order valence-electron chi connectivity index (χ4n) is 3.87. The Kier molecular flexibility index (Phi) is 6.59. The molecule has 0 spiro atoms. The number of carbonyl (C=O) groups is 1. The van der Waals surface area contributed by atoms with Gasteiger partial charge in [-0.3, -0.25) is 4.79 Å². The molecule has 3 aromatic rings. The molecule has 4 rings (SSSR count). The van der Waals surface area contributed by atoms with Crippen molar-refractivity contribution in [3.63, 3.8) is 0 Å². The summed E-state index contributed by atoms with van der Waals surface area (Å²) in [5.74, 6) is 0.389. The van der Waals surface area contributed by atoms with Gasteiger partial charge in [0, 0.05) is 23.8 Å². The third kappa shape index (κ3) is 5.45. The normalized spacial score (nSPS) is 14.1. The number of amides is 1. The minimum absolute atomic E-state index is 0.0540. The summed E-state index contributed by atoms with van der Waals surface area (Å²) in [5.41, 5.74) is 2.88. The summed E-state index contributed by atoms with van der Waals surface area (Å²) in [4.78, 5) is 19.0. The monoisotopic (exact) mass is 484 g/mol. The van der Waals surface area contributed by atoms with Crippen LogP contribution >= 0.6 is 11.3 Å². The number of anilines is 1. The number of benzene rings is 2. The molecule has 0 fully saturated rings. The van der Waals surface area contributed by atoms with Gasteiger partial charge in [0.2, 0.25) is 0 Å². The standard InChI is InChI=1S/C25H28N2O4S2/c1-25(2,3)19-6-8-20(9-7-19)31-16-24(28)27-13-4-5-18-15-21(10-11-22(18)27)33(29,30)17-23-26-12-14-32-23/h6-12,14-15H,4-5,13,16-17H2,1-3H3. The molecule has 33 heavy (non-hydrogen) atoms. The van der Waals surface area contributed by atoms with Crippen molar-refractivity contribution in [2.45, 2.75) is 49.7 Å². The van der Waals surface area contributed by atoms with Gasteiger partial charge >= 0.3 is 0 Å². The summed E-state index contributed by atoms with van der Waals surface area (Å²) in [7, 11) is -3.50. The largest absolute Gasteiger partial charge is 0.484 e. The van der Waals surface area contributed by atoms with Crippen molar-refractivity contribution < 1.29 is 17.9 Å². The lowest BCUT2D eigenvalue weighted by atomic mass is 9.87. The van der Waals surface area contributed by atoms with Crippen molar-refractivity contribution in [3.8, 4) is 5.75 Å². The molecule has 0 N–H and O–H groups in total. The van der Waals surface area contributed by atoms with E-state index in [4.69, 9.17) is 4.74 Å². The molecule has 0 saturated carbocycles. The molecule has 0 unspecified atom stereocenters. The number of ether oxygens (including phenoxy) is 1. The molecule has 2 aromatic carbocycles. The second-order valence-corrected chi connectivity index (χ2v) is 12.2. The molecule has 1 aliphatic heterocycles. The van der Waals surface area contributed by atoms with Crippen LogP contribution in [0, 0.1) is 0 Å². The molecule has 2 heterocycles. The summed E-state index contributed by atoms with van der Waals surface area (Å²) in [6.45, 7) is 6.96. The van der Waals surface area contributed by atoms with Crippen LogP contribution in [0.15, 0.2) is 58.9 Å². The number of hydrogen-bond acceptors (Lipinski definition) is 6. The summed E-state index contributed by atoms with van der Waals surface area (Å²) in [5, 5.41) is 2.33. The van der Waals surface area contributed by atoms with Crippen LogP contribution in [0.3, 0.4) is 0 Å². The summed E-state index contributed by atoms with van der Waals surface area (Å²) in [6, 6.07) is 12.8. The number of thiazole rings is 1. The number of hydrogen-bond donors (Lipinski definition) is 0. The van der Waals surface area contributed by atoms with Gasteiger partial charge in [0.15, 0.2) is 16.4 Å². The number of aryl methyl sites for hydroxylation is 1. The minimum atomic E-state index is -3.50. The Balaban J connectivity index is 1.46. The molecule has 174 valence electrons. The molecule has 1 amide bonds. The van der Waals surface area contributed by atoms with Crippen molar-refractivity contribution in [2.24, 2.45) is 0 Å². The molecule has 0 aliphatic carbocycles. The van der Waals surface area contributed by atoms with Gasteiger partial charge in [-0.1, -0.05) is 32.9 Å². The van der Waals surface area contributed by atoms with Crippen molar-refractivity contribution >= 4 is 32.8 Å². The minimum Gasteiger partial charge on any atom is -0.484 e. The molecule has 0 saturated heterocycles. The number of nitrogens with zero attached hydrogens (tertiary/aromatic N) is 2. The maximum absolute atomic E-state index is 12.9. The first-order valence-electron chi connectivity index (χ1n) is 10.9. The van der Waals surface area contributed by atoms with Crippen LogP contribution < -0.4 is 9.64 Å². The molecular weight excluding hydrogens is 456 g/mol. The van der Waals surface area contributed by atoms with E-state index in [-0.39, 0.29) is 28.6 Å². The fourth-order valence-corrected chi connectivity index (χ4v) is 6.17. The van der Waals surface area contributed by atoms with E-state index in [1.54, 1.807) is 34.7 Å². The van der Waals surface area contributed by atoms with E-state index >= 15 is 0 Å². The SMILES string of the molecule is CC(C)(C)c1ccc(OCC(=O)N2CCCc3cc(S(=O)(=O)Cc4nccs4)ccc32)cc1. The second kappa shape index (κ2) is 9.27. The van der Waals surface area contributed by atoms with E-state index in [0.29, 0.717) is 17.3 Å². The van der Waals surface area contributed by atoms with Crippen LogP contribution in [0.4, 0.5) is 5.69 Å². The van der Waals surface area contributed by atoms with E-state index in [1.165, 1.54) is 16.9 Å². The lowest BCUT2D eigenvalue weighted by Gasteiger charge is -2.30. The maximum Gasteiger partial charge on any atom is 0.264 e. The average molecular weight is 485 g/mol. The fraction of sp³-hybridized carbons (Fsp3) is 0.360. The highest BCUT2D eigenvalue weighted by molar-refractivity contribution is 7.90. The molecular formula is C25H28N2O4S2. The zero-order valence-corrected chi connectivity index (χ0v) is 20.7. The Morgan fingerprint density at radius 1 is 1.15 bits per heavy atom. The summed E-state index contributed by atoms with van der Waals surface area (Å²) < 4.78 is 31.4. The van der Waals surface area contributed by atoms with Gasteiger partial charge in [-0.05, 0) is 59.7 Å². The summed E-state index contributed by atoms with van der Waals surface area (Å²) in [6.07, 6.45) is 3.11. The van der Waals surface area contributed by atoms with E-state index < -0.39 is 9.84 Å². The maximum atomic E-state index is 12.9. The smallest absolute Gasteiger partial charge is 0.264 e. The summed E-state index contributed by atoms with van der Waals surface area (Å²) >= 11 is 1.33. The van der Waals surface area contributed by atoms with Crippen molar-refractivity contribution in [1.29, 1.82) is 0 Å². The highest BCUT2D eigenvalue weighted by Gasteiger charge is 2.26. The third-order valence-electron chi connectivity index (χ3n) is 5.71. The molecule has 0 bridgehead atoms. The molecule has 6 nitrogen and oxygen atoms in total. The van der Waals surface area contributed by atoms with Crippen LogP contribution in [0.25, 0.3) is 0 Å². The van der Waals surface area contributed by atoms with Gasteiger partial charge in [0.1, 0.15) is 16.5 Å². The predicted molar refractivity (Wildman–Crippen MR) is 131 cm³/mol. The number of aromatic nitrogens is 1. The number of fused-ring (bicyclic) bond motifs is 1. The average Bonchev–Trinajstić information content (AvgIpc) is 3.28. The lowest BCUT2D eigenvalue weighted by molar-refractivity contribution is -0.120. The van der Waals surface area contributed by atoms with Crippen LogP contribution in [0.1, 0.15) is 43.3 Å². The molecule has 0 radical (unpaired) electrons. The Hall–Kier alpha value is -2.71. The number of sulfone groups is 1. The van der Waals surface area contributed by atoms with Crippen molar-refractivity contribution in [3.05, 3.63) is 70.2 Å². The number of rotatable bonds is 6. The highest BCUT2D eigenvalue weighted by Crippen LogP contribution is 2.31. The van der Waals surface area contributed by atoms with Gasteiger partial charge in [0.25, 0.3) is 5.91 Å². The van der Waals surface area contributed by atoms with Crippen molar-refractivity contribution in [2.75, 3.05) is 18.1 Å². The van der Waals surface area contributed by atoms with Gasteiger partial charge < -0.3 is 9.64 Å². The second-order valence-electron chi connectivity index (χ2n) is 9.19. The first kappa shape index (κ1) is 23.4. The predicted octanol–water partition coefficient (Wildman–Crippen LogP) is 4.77. The quantitative estimate of drug-likeness (QED) is 0.504. The Bertz CT molecular complexity index is 1230. The van der Waals surface area contributed by atoms with Crippen LogP contribution in [-0.2, 0) is 32.2 Å². The van der Waals surface area contributed by atoms with Crippen molar-refractivity contribution in [1.82, 2.24) is 4.98 Å². The lowest BCUT2D eigenvalue weighted by Crippen LogP contribution is -2.38. The van der Waals surface area contributed by atoms with Crippen LogP contribution in [-0.4, -0.2) is 32.5 Å². The Morgan fingerprint density at radius 3 is 2.58 bits per heavy atom. The third-order valence-corrected chi connectivity index (χ3v) is 8.30. The molecule has 1 aromatic heterocycles. The first-order chi connectivity index (χ1) is 15.6. The van der Waals surface area contributed by atoms with Gasteiger partial charge in [-0.25, -0.2) is 13.4 Å². The zero-order valence-electron chi connectivity index (χ0n) is 19.1.